The highest BCUT2D eigenvalue weighted by molar-refractivity contribution is 7.85. The Labute approximate surface area is 152 Å². The van der Waals surface area contributed by atoms with Gasteiger partial charge in [0.2, 0.25) is 0 Å². The van der Waals surface area contributed by atoms with E-state index in [1.807, 2.05) is 45.0 Å². The Hall–Kier alpha value is -2.25. The summed E-state index contributed by atoms with van der Waals surface area (Å²) in [5.41, 5.74) is 0.368. The quantitative estimate of drug-likeness (QED) is 0.765. The molecule has 0 unspecified atom stereocenters. The van der Waals surface area contributed by atoms with Crippen LogP contribution in [0.4, 0.5) is 0 Å². The Bertz CT molecular complexity index is 834. The van der Waals surface area contributed by atoms with Crippen LogP contribution in [-0.4, -0.2) is 9.99 Å². The normalized spacial score (nSPS) is 14.6. The average Bonchev–Trinajstić information content (AvgIpc) is 2.59. The first kappa shape index (κ1) is 19.1. The second-order valence-corrected chi connectivity index (χ2v) is 8.20. The molecule has 0 heterocycles. The molecule has 0 fully saturated rings. The van der Waals surface area contributed by atoms with Gasteiger partial charge in [-0.1, -0.05) is 49.7 Å². The van der Waals surface area contributed by atoms with Crippen molar-refractivity contribution in [2.45, 2.75) is 49.3 Å². The molecule has 0 amide bonds. The van der Waals surface area contributed by atoms with Gasteiger partial charge in [0.15, 0.2) is 5.78 Å². The monoisotopic (exact) mass is 353 g/mol. The second kappa shape index (κ2) is 7.76. The third kappa shape index (κ3) is 3.88. The molecule has 0 aliphatic heterocycles. The molecule has 2 aromatic carbocycles. The van der Waals surface area contributed by atoms with E-state index in [1.165, 1.54) is 6.92 Å². The summed E-state index contributed by atoms with van der Waals surface area (Å²) in [6.07, 6.45) is 0.404. The lowest BCUT2D eigenvalue weighted by Crippen LogP contribution is -2.35. The summed E-state index contributed by atoms with van der Waals surface area (Å²) in [5.74, 6) is -0.0542. The van der Waals surface area contributed by atoms with Crippen LogP contribution >= 0.6 is 0 Å². The molecule has 2 rings (SSSR count). The number of benzene rings is 2. The van der Waals surface area contributed by atoms with Crippen molar-refractivity contribution in [3.8, 4) is 6.07 Å². The molecular weight excluding hydrogens is 330 g/mol. The first-order valence-corrected chi connectivity index (χ1v) is 9.47. The SMILES string of the molecule is CC(=O)[C@](C#N)(CC(C)C)c1ccccc1[S@@](=O)c1ccc(C)cc1. The Morgan fingerprint density at radius 2 is 1.76 bits per heavy atom. The van der Waals surface area contributed by atoms with E-state index in [0.717, 1.165) is 5.56 Å². The second-order valence-electron chi connectivity index (χ2n) is 6.75. The highest BCUT2D eigenvalue weighted by Gasteiger charge is 2.40. The minimum Gasteiger partial charge on any atom is -0.298 e. The van der Waals surface area contributed by atoms with Gasteiger partial charge in [0, 0.05) is 9.79 Å². The van der Waals surface area contributed by atoms with Gasteiger partial charge in [0.05, 0.1) is 16.9 Å². The fourth-order valence-electron chi connectivity index (χ4n) is 3.01. The van der Waals surface area contributed by atoms with E-state index >= 15 is 0 Å². The van der Waals surface area contributed by atoms with E-state index in [4.69, 9.17) is 0 Å². The number of nitriles is 1. The number of rotatable bonds is 6. The molecule has 2 aromatic rings. The number of hydrogen-bond donors (Lipinski definition) is 0. The Kier molecular flexibility index (Phi) is 5.92. The summed E-state index contributed by atoms with van der Waals surface area (Å²) in [7, 11) is -1.45. The van der Waals surface area contributed by atoms with E-state index in [0.29, 0.717) is 21.8 Å². The van der Waals surface area contributed by atoms with E-state index < -0.39 is 16.2 Å². The third-order valence-corrected chi connectivity index (χ3v) is 5.74. The maximum atomic E-state index is 13.1. The molecule has 0 spiro atoms. The van der Waals surface area contributed by atoms with Gasteiger partial charge in [-0.05, 0) is 49.9 Å². The molecule has 0 aliphatic carbocycles. The van der Waals surface area contributed by atoms with Crippen LogP contribution in [0.5, 0.6) is 0 Å². The number of nitrogens with zero attached hydrogens (tertiary/aromatic N) is 1. The van der Waals surface area contributed by atoms with Crippen molar-refractivity contribution < 1.29 is 9.00 Å². The third-order valence-electron chi connectivity index (χ3n) is 4.29. The van der Waals surface area contributed by atoms with E-state index in [9.17, 15) is 14.3 Å². The predicted octanol–water partition coefficient (Wildman–Crippen LogP) is 4.56. The zero-order chi connectivity index (χ0) is 18.6. The number of carbonyl (C=O) groups is 1. The molecular formula is C21H23NO2S. The average molecular weight is 353 g/mol. The van der Waals surface area contributed by atoms with Crippen LogP contribution in [0.3, 0.4) is 0 Å². The first-order valence-electron chi connectivity index (χ1n) is 8.32. The van der Waals surface area contributed by atoms with Crippen LogP contribution < -0.4 is 0 Å². The molecule has 0 aliphatic rings. The minimum atomic E-state index is -1.45. The van der Waals surface area contributed by atoms with Crippen molar-refractivity contribution in [2.24, 2.45) is 5.92 Å². The fourth-order valence-corrected chi connectivity index (χ4v) is 4.29. The molecule has 0 aromatic heterocycles. The topological polar surface area (TPSA) is 57.9 Å². The standard InChI is InChI=1S/C21H23NO2S/c1-15(2)13-21(14-22,17(4)23)19-7-5-6-8-20(19)25(24)18-11-9-16(3)10-12-18/h5-12,15H,13H2,1-4H3/t21-,25+/m1/s1. The van der Waals surface area contributed by atoms with Gasteiger partial charge in [-0.15, -0.1) is 0 Å². The summed E-state index contributed by atoms with van der Waals surface area (Å²) < 4.78 is 13.1. The van der Waals surface area contributed by atoms with Crippen LogP contribution in [-0.2, 0) is 21.0 Å². The van der Waals surface area contributed by atoms with E-state index in [-0.39, 0.29) is 11.7 Å². The van der Waals surface area contributed by atoms with Gasteiger partial charge in [-0.3, -0.25) is 4.79 Å². The first-order chi connectivity index (χ1) is 11.8. The smallest absolute Gasteiger partial charge is 0.154 e. The number of aryl methyl sites for hydroxylation is 1. The predicted molar refractivity (Wildman–Crippen MR) is 99.7 cm³/mol. The lowest BCUT2D eigenvalue weighted by molar-refractivity contribution is -0.121. The molecule has 25 heavy (non-hydrogen) atoms. The molecule has 3 nitrogen and oxygen atoms in total. The molecule has 0 saturated carbocycles. The minimum absolute atomic E-state index is 0.157. The van der Waals surface area contributed by atoms with Crippen molar-refractivity contribution in [1.29, 1.82) is 5.26 Å². The fraction of sp³-hybridized carbons (Fsp3) is 0.333. The number of hydrogen-bond acceptors (Lipinski definition) is 3. The Morgan fingerprint density at radius 3 is 2.28 bits per heavy atom. The summed E-state index contributed by atoms with van der Waals surface area (Å²) in [6, 6.07) is 16.8. The van der Waals surface area contributed by atoms with E-state index in [1.54, 1.807) is 24.3 Å². The highest BCUT2D eigenvalue weighted by atomic mass is 32.2. The zero-order valence-corrected chi connectivity index (χ0v) is 15.9. The molecule has 4 heteroatoms. The van der Waals surface area contributed by atoms with Gasteiger partial charge in [-0.25, -0.2) is 4.21 Å². The van der Waals surface area contributed by atoms with Crippen molar-refractivity contribution >= 4 is 16.6 Å². The van der Waals surface area contributed by atoms with Crippen LogP contribution in [0.25, 0.3) is 0 Å². The van der Waals surface area contributed by atoms with Gasteiger partial charge in [-0.2, -0.15) is 5.26 Å². The van der Waals surface area contributed by atoms with Crippen LogP contribution in [0.15, 0.2) is 58.3 Å². The molecule has 0 bridgehead atoms. The van der Waals surface area contributed by atoms with Gasteiger partial charge in [0.25, 0.3) is 0 Å². The molecule has 0 saturated heterocycles. The maximum absolute atomic E-state index is 13.1. The molecule has 130 valence electrons. The van der Waals surface area contributed by atoms with Gasteiger partial charge >= 0.3 is 0 Å². The Morgan fingerprint density at radius 1 is 1.16 bits per heavy atom. The highest BCUT2D eigenvalue weighted by Crippen LogP contribution is 2.36. The van der Waals surface area contributed by atoms with Gasteiger partial charge in [0.1, 0.15) is 5.41 Å². The number of carbonyl (C=O) groups excluding carboxylic acids is 1. The maximum Gasteiger partial charge on any atom is 0.154 e. The van der Waals surface area contributed by atoms with Crippen LogP contribution in [0.2, 0.25) is 0 Å². The van der Waals surface area contributed by atoms with E-state index in [2.05, 4.69) is 6.07 Å². The summed E-state index contributed by atoms with van der Waals surface area (Å²) in [5, 5.41) is 9.89. The summed E-state index contributed by atoms with van der Waals surface area (Å²) in [4.78, 5) is 13.7. The summed E-state index contributed by atoms with van der Waals surface area (Å²) >= 11 is 0. The molecule has 0 N–H and O–H groups in total. The largest absolute Gasteiger partial charge is 0.298 e. The lowest BCUT2D eigenvalue weighted by atomic mass is 9.73. The van der Waals surface area contributed by atoms with Crippen molar-refractivity contribution in [1.82, 2.24) is 0 Å². The zero-order valence-electron chi connectivity index (χ0n) is 15.1. The number of Topliss-reactive ketones (excluding diaryl/α,β-unsaturated/α-hetero) is 1. The van der Waals surface area contributed by atoms with Crippen LogP contribution in [0, 0.1) is 24.2 Å². The van der Waals surface area contributed by atoms with Gasteiger partial charge < -0.3 is 0 Å². The molecule has 2 atom stereocenters. The van der Waals surface area contributed by atoms with Crippen molar-refractivity contribution in [3.05, 3.63) is 59.7 Å². The van der Waals surface area contributed by atoms with Crippen molar-refractivity contribution in [3.63, 3.8) is 0 Å². The van der Waals surface area contributed by atoms with Crippen molar-refractivity contribution in [2.75, 3.05) is 0 Å². The summed E-state index contributed by atoms with van der Waals surface area (Å²) in [6.45, 7) is 7.38. The number of ketones is 1. The van der Waals surface area contributed by atoms with Crippen LogP contribution in [0.1, 0.15) is 38.3 Å². The lowest BCUT2D eigenvalue weighted by Gasteiger charge is -2.28. The Balaban J connectivity index is 2.63. The molecule has 0 radical (unpaired) electrons.